The first-order valence-electron chi connectivity index (χ1n) is 8.48. The van der Waals surface area contributed by atoms with Crippen LogP contribution in [0.4, 0.5) is 4.39 Å². The monoisotopic (exact) mass is 373 g/mol. The molecule has 0 bridgehead atoms. The number of carbonyl (C=O) groups is 1. The number of ether oxygens (including phenoxy) is 1. The minimum atomic E-state index is -0.982. The van der Waals surface area contributed by atoms with Crippen molar-refractivity contribution in [2.45, 2.75) is 6.61 Å². The predicted molar refractivity (Wildman–Crippen MR) is 104 cm³/mol. The summed E-state index contributed by atoms with van der Waals surface area (Å²) < 4.78 is 19.3. The van der Waals surface area contributed by atoms with Crippen LogP contribution in [0, 0.1) is 17.1 Å². The molecular formula is C23H16FNO3. The number of allylic oxidation sites excluding steroid dienone is 1. The summed E-state index contributed by atoms with van der Waals surface area (Å²) in [7, 11) is 0. The van der Waals surface area contributed by atoms with Crippen LogP contribution in [0.15, 0.2) is 72.8 Å². The van der Waals surface area contributed by atoms with Crippen molar-refractivity contribution in [3.05, 3.63) is 101 Å². The van der Waals surface area contributed by atoms with Gasteiger partial charge in [0.1, 0.15) is 18.2 Å². The molecule has 0 atom stereocenters. The van der Waals surface area contributed by atoms with Crippen LogP contribution in [0.1, 0.15) is 27.0 Å². The van der Waals surface area contributed by atoms with Gasteiger partial charge in [0.2, 0.25) is 0 Å². The van der Waals surface area contributed by atoms with E-state index in [2.05, 4.69) is 6.07 Å². The molecule has 0 aromatic heterocycles. The molecule has 3 aromatic rings. The Labute approximate surface area is 161 Å². The van der Waals surface area contributed by atoms with Crippen LogP contribution in [-0.4, -0.2) is 11.1 Å². The number of para-hydroxylation sites is 1. The number of nitrogens with zero attached hydrogens (tertiary/aromatic N) is 1. The third kappa shape index (κ3) is 4.63. The average Bonchev–Trinajstić information content (AvgIpc) is 2.71. The van der Waals surface area contributed by atoms with E-state index >= 15 is 0 Å². The Morgan fingerprint density at radius 2 is 1.79 bits per heavy atom. The lowest BCUT2D eigenvalue weighted by atomic mass is 10.0. The lowest BCUT2D eigenvalue weighted by Crippen LogP contribution is -1.99. The van der Waals surface area contributed by atoms with E-state index in [4.69, 9.17) is 9.84 Å². The van der Waals surface area contributed by atoms with Gasteiger partial charge in [0.15, 0.2) is 0 Å². The number of hydrogen-bond donors (Lipinski definition) is 1. The van der Waals surface area contributed by atoms with Gasteiger partial charge in [-0.1, -0.05) is 42.5 Å². The zero-order valence-electron chi connectivity index (χ0n) is 14.8. The van der Waals surface area contributed by atoms with Crippen LogP contribution in [-0.2, 0) is 6.61 Å². The fourth-order valence-corrected chi connectivity index (χ4v) is 2.63. The van der Waals surface area contributed by atoms with Crippen LogP contribution < -0.4 is 4.74 Å². The Morgan fingerprint density at radius 1 is 1.04 bits per heavy atom. The van der Waals surface area contributed by atoms with Crippen LogP contribution in [0.3, 0.4) is 0 Å². The normalized spacial score (nSPS) is 10.9. The molecule has 3 aromatic carbocycles. The lowest BCUT2D eigenvalue weighted by Gasteiger charge is -2.10. The first-order chi connectivity index (χ1) is 13.6. The summed E-state index contributed by atoms with van der Waals surface area (Å²) in [4.78, 5) is 10.9. The molecule has 138 valence electrons. The van der Waals surface area contributed by atoms with Crippen molar-refractivity contribution >= 4 is 17.6 Å². The molecule has 0 unspecified atom stereocenters. The molecular weight excluding hydrogens is 357 g/mol. The van der Waals surface area contributed by atoms with Gasteiger partial charge >= 0.3 is 5.97 Å². The van der Waals surface area contributed by atoms with Crippen molar-refractivity contribution in [1.29, 1.82) is 5.26 Å². The van der Waals surface area contributed by atoms with Gasteiger partial charge in [0.25, 0.3) is 0 Å². The SMILES string of the molecule is N#C/C(=C/c1ccccc1OCc1ccc(C(=O)O)cc1)c1cccc(F)c1. The predicted octanol–water partition coefficient (Wildman–Crippen LogP) is 5.17. The number of carboxylic acids is 1. The molecule has 0 radical (unpaired) electrons. The highest BCUT2D eigenvalue weighted by Crippen LogP contribution is 2.25. The number of nitriles is 1. The largest absolute Gasteiger partial charge is 0.488 e. The highest BCUT2D eigenvalue weighted by Gasteiger charge is 2.07. The standard InChI is InChI=1S/C23H16FNO3/c24-21-6-3-5-18(13-21)20(14-25)12-19-4-1-2-7-22(19)28-15-16-8-10-17(11-9-16)23(26)27/h1-13H,15H2,(H,26,27)/b20-12-. The first-order valence-corrected chi connectivity index (χ1v) is 8.48. The van der Waals surface area contributed by atoms with Crippen molar-refractivity contribution in [3.63, 3.8) is 0 Å². The maximum Gasteiger partial charge on any atom is 0.335 e. The first kappa shape index (κ1) is 18.9. The maximum absolute atomic E-state index is 13.5. The molecule has 0 fully saturated rings. The Balaban J connectivity index is 1.82. The van der Waals surface area contributed by atoms with Crippen molar-refractivity contribution in [1.82, 2.24) is 0 Å². The third-order valence-corrected chi connectivity index (χ3v) is 4.07. The molecule has 0 aliphatic rings. The third-order valence-electron chi connectivity index (χ3n) is 4.07. The summed E-state index contributed by atoms with van der Waals surface area (Å²) in [6, 6.07) is 21.6. The number of halogens is 1. The van der Waals surface area contributed by atoms with Gasteiger partial charge in [0.05, 0.1) is 17.2 Å². The second-order valence-electron chi connectivity index (χ2n) is 6.01. The maximum atomic E-state index is 13.5. The second kappa shape index (κ2) is 8.65. The molecule has 0 amide bonds. The minimum Gasteiger partial charge on any atom is -0.488 e. The molecule has 0 aliphatic heterocycles. The van der Waals surface area contributed by atoms with Gasteiger partial charge < -0.3 is 9.84 Å². The number of hydrogen-bond acceptors (Lipinski definition) is 3. The van der Waals surface area contributed by atoms with E-state index in [-0.39, 0.29) is 12.2 Å². The number of aromatic carboxylic acids is 1. The Kier molecular flexibility index (Phi) is 5.83. The zero-order valence-corrected chi connectivity index (χ0v) is 14.8. The van der Waals surface area contributed by atoms with Crippen molar-refractivity contribution in [3.8, 4) is 11.8 Å². The molecule has 1 N–H and O–H groups in total. The van der Waals surface area contributed by atoms with E-state index in [1.807, 2.05) is 12.1 Å². The Bertz CT molecular complexity index is 1070. The van der Waals surface area contributed by atoms with E-state index in [0.717, 1.165) is 5.56 Å². The van der Waals surface area contributed by atoms with E-state index < -0.39 is 11.8 Å². The van der Waals surface area contributed by atoms with Crippen LogP contribution in [0.5, 0.6) is 5.75 Å². The van der Waals surface area contributed by atoms with E-state index in [1.54, 1.807) is 42.5 Å². The summed E-state index contributed by atoms with van der Waals surface area (Å²) >= 11 is 0. The summed E-state index contributed by atoms with van der Waals surface area (Å²) in [5.74, 6) is -0.828. The quantitative estimate of drug-likeness (QED) is 0.478. The summed E-state index contributed by atoms with van der Waals surface area (Å²) in [6.07, 6.45) is 1.65. The highest BCUT2D eigenvalue weighted by atomic mass is 19.1. The molecule has 0 aliphatic carbocycles. The fourth-order valence-electron chi connectivity index (χ4n) is 2.63. The smallest absolute Gasteiger partial charge is 0.335 e. The number of rotatable bonds is 6. The van der Waals surface area contributed by atoms with Crippen LogP contribution >= 0.6 is 0 Å². The fraction of sp³-hybridized carbons (Fsp3) is 0.0435. The van der Waals surface area contributed by atoms with E-state index in [9.17, 15) is 14.4 Å². The van der Waals surface area contributed by atoms with Crippen molar-refractivity contribution in [2.24, 2.45) is 0 Å². The lowest BCUT2D eigenvalue weighted by molar-refractivity contribution is 0.0697. The van der Waals surface area contributed by atoms with Gasteiger partial charge in [0, 0.05) is 5.56 Å². The zero-order chi connectivity index (χ0) is 19.9. The van der Waals surface area contributed by atoms with E-state index in [0.29, 0.717) is 22.4 Å². The van der Waals surface area contributed by atoms with Gasteiger partial charge in [-0.2, -0.15) is 5.26 Å². The molecule has 0 saturated carbocycles. The van der Waals surface area contributed by atoms with Crippen molar-refractivity contribution in [2.75, 3.05) is 0 Å². The molecule has 4 nitrogen and oxygen atoms in total. The van der Waals surface area contributed by atoms with E-state index in [1.165, 1.54) is 24.3 Å². The van der Waals surface area contributed by atoms with Gasteiger partial charge in [-0.15, -0.1) is 0 Å². The van der Waals surface area contributed by atoms with Crippen molar-refractivity contribution < 1.29 is 19.0 Å². The van der Waals surface area contributed by atoms with Crippen LogP contribution in [0.25, 0.3) is 11.6 Å². The topological polar surface area (TPSA) is 70.3 Å². The molecule has 3 rings (SSSR count). The Hall–Kier alpha value is -3.91. The number of carboxylic acid groups (broad SMARTS) is 1. The van der Waals surface area contributed by atoms with Gasteiger partial charge in [-0.05, 0) is 47.5 Å². The minimum absolute atomic E-state index is 0.209. The summed E-state index contributed by atoms with van der Waals surface area (Å²) in [5, 5.41) is 18.4. The highest BCUT2D eigenvalue weighted by molar-refractivity contribution is 5.90. The number of benzene rings is 3. The summed E-state index contributed by atoms with van der Waals surface area (Å²) in [6.45, 7) is 0.243. The van der Waals surface area contributed by atoms with Gasteiger partial charge in [-0.25, -0.2) is 9.18 Å². The average molecular weight is 373 g/mol. The van der Waals surface area contributed by atoms with Crippen LogP contribution in [0.2, 0.25) is 0 Å². The Morgan fingerprint density at radius 3 is 2.46 bits per heavy atom. The molecule has 0 heterocycles. The molecule has 28 heavy (non-hydrogen) atoms. The second-order valence-corrected chi connectivity index (χ2v) is 6.01. The molecule has 0 saturated heterocycles. The molecule has 5 heteroatoms. The van der Waals surface area contributed by atoms with Gasteiger partial charge in [-0.3, -0.25) is 0 Å². The molecule has 0 spiro atoms. The summed E-state index contributed by atoms with van der Waals surface area (Å²) in [5.41, 5.74) is 2.52.